The zero-order valence-corrected chi connectivity index (χ0v) is 16.5. The summed E-state index contributed by atoms with van der Waals surface area (Å²) in [6.07, 6.45) is -0.0983. The number of non-ortho nitro benzene ring substituents is 1. The lowest BCUT2D eigenvalue weighted by molar-refractivity contribution is -0.384. The molecule has 0 spiro atoms. The van der Waals surface area contributed by atoms with E-state index in [1.165, 1.54) is 18.2 Å². The van der Waals surface area contributed by atoms with Gasteiger partial charge in [-0.3, -0.25) is 14.9 Å². The third kappa shape index (κ3) is 4.79. The number of benzene rings is 3. The van der Waals surface area contributed by atoms with Gasteiger partial charge in [0.15, 0.2) is 0 Å². The van der Waals surface area contributed by atoms with Crippen LogP contribution in [0.1, 0.15) is 40.1 Å². The van der Waals surface area contributed by atoms with E-state index >= 15 is 0 Å². The summed E-state index contributed by atoms with van der Waals surface area (Å²) in [5.74, 6) is 0.398. The van der Waals surface area contributed by atoms with Crippen LogP contribution >= 0.6 is 0 Å². The highest BCUT2D eigenvalue weighted by molar-refractivity contribution is 6.05. The van der Waals surface area contributed by atoms with Gasteiger partial charge in [0.25, 0.3) is 11.6 Å². The second-order valence-corrected chi connectivity index (χ2v) is 6.86. The molecule has 6 heteroatoms. The summed E-state index contributed by atoms with van der Waals surface area (Å²) in [6, 6.07) is 19.6. The molecule has 1 N–H and O–H groups in total. The SMILES string of the molecule is Cc1cc(OC(C)c2ccccc2)ccc1NC(=O)c1ccc([N+](=O)[O-])cc1C. The first-order valence-electron chi connectivity index (χ1n) is 9.24. The number of hydrogen-bond donors (Lipinski definition) is 1. The molecule has 3 aromatic rings. The van der Waals surface area contributed by atoms with E-state index < -0.39 is 4.92 Å². The Morgan fingerprint density at radius 3 is 2.34 bits per heavy atom. The molecule has 0 saturated carbocycles. The maximum absolute atomic E-state index is 12.6. The molecule has 29 heavy (non-hydrogen) atoms. The Morgan fingerprint density at radius 1 is 1.00 bits per heavy atom. The second-order valence-electron chi connectivity index (χ2n) is 6.86. The van der Waals surface area contributed by atoms with Crippen molar-refractivity contribution in [2.24, 2.45) is 0 Å². The minimum Gasteiger partial charge on any atom is -0.486 e. The predicted molar refractivity (Wildman–Crippen MR) is 112 cm³/mol. The Balaban J connectivity index is 1.72. The number of amides is 1. The first-order valence-corrected chi connectivity index (χ1v) is 9.24. The van der Waals surface area contributed by atoms with Gasteiger partial charge in [-0.05, 0) is 61.7 Å². The van der Waals surface area contributed by atoms with Crippen molar-refractivity contribution < 1.29 is 14.5 Å². The minimum absolute atomic E-state index is 0.0377. The van der Waals surface area contributed by atoms with Gasteiger partial charge >= 0.3 is 0 Å². The van der Waals surface area contributed by atoms with Crippen LogP contribution in [0.15, 0.2) is 66.7 Å². The molecule has 1 unspecified atom stereocenters. The first kappa shape index (κ1) is 20.1. The molecule has 0 saturated heterocycles. The topological polar surface area (TPSA) is 81.5 Å². The average molecular weight is 390 g/mol. The van der Waals surface area contributed by atoms with Crippen LogP contribution in [-0.4, -0.2) is 10.8 Å². The summed E-state index contributed by atoms with van der Waals surface area (Å²) < 4.78 is 6.00. The van der Waals surface area contributed by atoms with Gasteiger partial charge in [-0.1, -0.05) is 30.3 Å². The van der Waals surface area contributed by atoms with Crippen molar-refractivity contribution in [1.82, 2.24) is 0 Å². The van der Waals surface area contributed by atoms with Gasteiger partial charge in [0.1, 0.15) is 11.9 Å². The number of rotatable bonds is 6. The van der Waals surface area contributed by atoms with Crippen LogP contribution in [-0.2, 0) is 0 Å². The summed E-state index contributed by atoms with van der Waals surface area (Å²) in [6.45, 7) is 5.55. The summed E-state index contributed by atoms with van der Waals surface area (Å²) in [5, 5.41) is 13.7. The lowest BCUT2D eigenvalue weighted by Gasteiger charge is -2.17. The monoisotopic (exact) mass is 390 g/mol. The predicted octanol–water partition coefficient (Wildman–Crippen LogP) is 5.60. The Morgan fingerprint density at radius 2 is 1.72 bits per heavy atom. The van der Waals surface area contributed by atoms with Crippen LogP contribution in [0.25, 0.3) is 0 Å². The highest BCUT2D eigenvalue weighted by Gasteiger charge is 2.15. The number of hydrogen-bond acceptors (Lipinski definition) is 4. The van der Waals surface area contributed by atoms with E-state index in [9.17, 15) is 14.9 Å². The zero-order chi connectivity index (χ0) is 21.0. The minimum atomic E-state index is -0.478. The molecule has 0 radical (unpaired) electrons. The summed E-state index contributed by atoms with van der Waals surface area (Å²) in [4.78, 5) is 23.0. The molecular formula is C23H22N2O4. The van der Waals surface area contributed by atoms with Crippen molar-refractivity contribution in [2.75, 3.05) is 5.32 Å². The van der Waals surface area contributed by atoms with E-state index in [1.807, 2.05) is 56.3 Å². The number of nitrogens with one attached hydrogen (secondary N) is 1. The summed E-state index contributed by atoms with van der Waals surface area (Å²) in [7, 11) is 0. The molecule has 6 nitrogen and oxygen atoms in total. The largest absolute Gasteiger partial charge is 0.486 e. The van der Waals surface area contributed by atoms with Gasteiger partial charge in [0, 0.05) is 23.4 Å². The molecule has 1 amide bonds. The first-order chi connectivity index (χ1) is 13.8. The van der Waals surface area contributed by atoms with Crippen LogP contribution < -0.4 is 10.1 Å². The molecule has 0 aliphatic rings. The number of nitrogens with zero attached hydrogens (tertiary/aromatic N) is 1. The van der Waals surface area contributed by atoms with E-state index in [0.29, 0.717) is 22.6 Å². The third-order valence-electron chi connectivity index (χ3n) is 4.69. The molecule has 0 aliphatic heterocycles. The molecule has 148 valence electrons. The molecule has 0 fully saturated rings. The van der Waals surface area contributed by atoms with Gasteiger partial charge in [0.05, 0.1) is 4.92 Å². The van der Waals surface area contributed by atoms with E-state index in [-0.39, 0.29) is 17.7 Å². The maximum atomic E-state index is 12.6. The number of anilines is 1. The molecule has 3 rings (SSSR count). The van der Waals surface area contributed by atoms with Crippen LogP contribution in [0.5, 0.6) is 5.75 Å². The van der Waals surface area contributed by atoms with Crippen molar-refractivity contribution in [3.05, 3.63) is 99.1 Å². The van der Waals surface area contributed by atoms with Gasteiger partial charge < -0.3 is 10.1 Å². The van der Waals surface area contributed by atoms with Crippen molar-refractivity contribution >= 4 is 17.3 Å². The molecule has 3 aromatic carbocycles. The fraction of sp³-hybridized carbons (Fsp3) is 0.174. The molecule has 0 bridgehead atoms. The molecule has 1 atom stereocenters. The Labute approximate surface area is 169 Å². The molecule has 0 aromatic heterocycles. The molecular weight excluding hydrogens is 368 g/mol. The quantitative estimate of drug-likeness (QED) is 0.438. The number of carbonyl (C=O) groups is 1. The van der Waals surface area contributed by atoms with Gasteiger partial charge in [-0.25, -0.2) is 0 Å². The fourth-order valence-corrected chi connectivity index (χ4v) is 3.05. The molecule has 0 aliphatic carbocycles. The maximum Gasteiger partial charge on any atom is 0.269 e. The lowest BCUT2D eigenvalue weighted by Crippen LogP contribution is -2.14. The fourth-order valence-electron chi connectivity index (χ4n) is 3.05. The van der Waals surface area contributed by atoms with E-state index in [4.69, 9.17) is 4.74 Å². The summed E-state index contributed by atoms with van der Waals surface area (Å²) in [5.41, 5.74) is 3.50. The van der Waals surface area contributed by atoms with E-state index in [1.54, 1.807) is 13.0 Å². The van der Waals surface area contributed by atoms with Crippen LogP contribution in [0.3, 0.4) is 0 Å². The van der Waals surface area contributed by atoms with Crippen LogP contribution in [0.4, 0.5) is 11.4 Å². The normalized spacial score (nSPS) is 11.6. The molecule has 0 heterocycles. The highest BCUT2D eigenvalue weighted by Crippen LogP contribution is 2.27. The van der Waals surface area contributed by atoms with Gasteiger partial charge in [-0.15, -0.1) is 0 Å². The van der Waals surface area contributed by atoms with Crippen molar-refractivity contribution in [3.8, 4) is 5.75 Å². The standard InChI is InChI=1S/C23H22N2O4/c1-15-13-19(25(27)28)9-11-21(15)23(26)24-22-12-10-20(14-16(22)2)29-17(3)18-7-5-4-6-8-18/h4-14,17H,1-3H3,(H,24,26). The highest BCUT2D eigenvalue weighted by atomic mass is 16.6. The van der Waals surface area contributed by atoms with Gasteiger partial charge in [0.2, 0.25) is 0 Å². The zero-order valence-electron chi connectivity index (χ0n) is 16.5. The Kier molecular flexibility index (Phi) is 5.93. The van der Waals surface area contributed by atoms with Gasteiger partial charge in [-0.2, -0.15) is 0 Å². The third-order valence-corrected chi connectivity index (χ3v) is 4.69. The number of carbonyl (C=O) groups excluding carboxylic acids is 1. The number of nitro groups is 1. The number of nitro benzene ring substituents is 1. The van der Waals surface area contributed by atoms with Crippen LogP contribution in [0.2, 0.25) is 0 Å². The van der Waals surface area contributed by atoms with Crippen LogP contribution in [0, 0.1) is 24.0 Å². The second kappa shape index (κ2) is 8.56. The number of ether oxygens (including phenoxy) is 1. The number of aryl methyl sites for hydroxylation is 2. The Bertz CT molecular complexity index is 1050. The van der Waals surface area contributed by atoms with E-state index in [0.717, 1.165) is 11.1 Å². The summed E-state index contributed by atoms with van der Waals surface area (Å²) >= 11 is 0. The van der Waals surface area contributed by atoms with Crippen molar-refractivity contribution in [1.29, 1.82) is 0 Å². The van der Waals surface area contributed by atoms with E-state index in [2.05, 4.69) is 5.32 Å². The van der Waals surface area contributed by atoms with Crippen molar-refractivity contribution in [2.45, 2.75) is 26.9 Å². The lowest BCUT2D eigenvalue weighted by atomic mass is 10.1. The smallest absolute Gasteiger partial charge is 0.269 e. The van der Waals surface area contributed by atoms with Crippen molar-refractivity contribution in [3.63, 3.8) is 0 Å². The average Bonchev–Trinajstić information content (AvgIpc) is 2.70. The Hall–Kier alpha value is -3.67.